The molecule has 0 bridgehead atoms. The van der Waals surface area contributed by atoms with Crippen molar-refractivity contribution in [3.05, 3.63) is 77.1 Å². The van der Waals surface area contributed by atoms with Crippen molar-refractivity contribution in [3.63, 3.8) is 0 Å². The van der Waals surface area contributed by atoms with E-state index in [1.165, 1.54) is 18.5 Å². The molecule has 0 aliphatic carbocycles. The van der Waals surface area contributed by atoms with E-state index >= 15 is 0 Å². The minimum Gasteiger partial charge on any atom is -0.486 e. The Hall–Kier alpha value is -4.53. The van der Waals surface area contributed by atoms with E-state index in [2.05, 4.69) is 10.3 Å². The number of halogens is 6. The molecular weight excluding hydrogens is 624 g/mol. The molecule has 15 heteroatoms. The van der Waals surface area contributed by atoms with Gasteiger partial charge in [-0.2, -0.15) is 26.3 Å². The fourth-order valence-electron chi connectivity index (χ4n) is 5.49. The van der Waals surface area contributed by atoms with Crippen LogP contribution in [0, 0.1) is 0 Å². The SMILES string of the molecule is CCCc1cc(C(O)(C(F)(F)F)C(F)(F)F)ccc1Oc1cncc(CN2C(=O)NC(CC)(c3ccc4c(c3)OCCO4)C2=O)c1. The number of aryl methyl sites for hydroxylation is 1. The maximum absolute atomic E-state index is 13.7. The van der Waals surface area contributed by atoms with E-state index in [0.717, 1.165) is 11.0 Å². The summed E-state index contributed by atoms with van der Waals surface area (Å²) in [6.45, 7) is 3.92. The topological polar surface area (TPSA) is 110 Å². The standard InChI is InChI=1S/C31H29F6N3O6/c1-3-5-19-13-21(29(43,30(32,33)34)31(35,36)37)7-8-23(19)46-22-12-18(15-38-16-22)17-40-26(41)28(4-2,39-27(40)42)20-6-9-24-25(14-20)45-11-10-44-24/h6-9,12-16,43H,3-5,10-11,17H2,1-2H3,(H,39,42). The summed E-state index contributed by atoms with van der Waals surface area (Å²) in [5.74, 6) is 0.430. The summed E-state index contributed by atoms with van der Waals surface area (Å²) in [5.41, 5.74) is -7.01. The molecule has 0 saturated carbocycles. The van der Waals surface area contributed by atoms with Crippen molar-refractivity contribution in [1.29, 1.82) is 0 Å². The average Bonchev–Trinajstić information content (AvgIpc) is 3.25. The molecule has 1 fully saturated rings. The number of aliphatic hydroxyl groups is 1. The number of nitrogens with one attached hydrogen (secondary N) is 1. The summed E-state index contributed by atoms with van der Waals surface area (Å²) in [6, 6.07) is 7.81. The maximum atomic E-state index is 13.7. The third-order valence-corrected chi connectivity index (χ3v) is 7.90. The van der Waals surface area contributed by atoms with Crippen molar-refractivity contribution >= 4 is 11.9 Å². The Morgan fingerprint density at radius 3 is 2.30 bits per heavy atom. The van der Waals surface area contributed by atoms with Crippen molar-refractivity contribution in [2.75, 3.05) is 13.2 Å². The molecule has 1 atom stereocenters. The highest BCUT2D eigenvalue weighted by Crippen LogP contribution is 2.51. The first kappa shape index (κ1) is 32.9. The Kier molecular flexibility index (Phi) is 8.57. The summed E-state index contributed by atoms with van der Waals surface area (Å²) < 4.78 is 97.8. The second-order valence-electron chi connectivity index (χ2n) is 10.8. The number of pyridine rings is 1. The number of rotatable bonds is 9. The molecule has 0 spiro atoms. The van der Waals surface area contributed by atoms with Crippen molar-refractivity contribution in [1.82, 2.24) is 15.2 Å². The van der Waals surface area contributed by atoms with Gasteiger partial charge in [-0.15, -0.1) is 0 Å². The Morgan fingerprint density at radius 1 is 0.957 bits per heavy atom. The fraction of sp³-hybridized carbons (Fsp3) is 0.387. The van der Waals surface area contributed by atoms with Crippen LogP contribution in [0.3, 0.4) is 0 Å². The van der Waals surface area contributed by atoms with Gasteiger partial charge in [0, 0.05) is 11.8 Å². The maximum Gasteiger partial charge on any atom is 0.430 e. The molecule has 3 heterocycles. The van der Waals surface area contributed by atoms with E-state index < -0.39 is 41.0 Å². The number of carbonyl (C=O) groups is 2. The molecule has 1 aromatic heterocycles. The number of ether oxygens (including phenoxy) is 3. The molecule has 1 saturated heterocycles. The zero-order valence-corrected chi connectivity index (χ0v) is 24.6. The molecule has 3 aromatic rings. The van der Waals surface area contributed by atoms with Crippen molar-refractivity contribution in [2.45, 2.75) is 63.1 Å². The minimum absolute atomic E-state index is 0.0152. The predicted molar refractivity (Wildman–Crippen MR) is 149 cm³/mol. The summed E-state index contributed by atoms with van der Waals surface area (Å²) in [5, 5.41) is 12.6. The lowest BCUT2D eigenvalue weighted by molar-refractivity contribution is -0.376. The van der Waals surface area contributed by atoms with Crippen LogP contribution in [0.1, 0.15) is 48.9 Å². The number of fused-ring (bicyclic) bond motifs is 1. The van der Waals surface area contributed by atoms with Crippen LogP contribution >= 0.6 is 0 Å². The highest BCUT2D eigenvalue weighted by Gasteiger charge is 2.71. The van der Waals surface area contributed by atoms with E-state index in [4.69, 9.17) is 14.2 Å². The normalized spacial score (nSPS) is 18.5. The zero-order valence-electron chi connectivity index (χ0n) is 24.6. The van der Waals surface area contributed by atoms with Gasteiger partial charge in [-0.3, -0.25) is 14.7 Å². The molecule has 0 radical (unpaired) electrons. The van der Waals surface area contributed by atoms with Gasteiger partial charge in [0.15, 0.2) is 11.5 Å². The second-order valence-corrected chi connectivity index (χ2v) is 10.8. The summed E-state index contributed by atoms with van der Waals surface area (Å²) in [4.78, 5) is 31.9. The summed E-state index contributed by atoms with van der Waals surface area (Å²) >= 11 is 0. The first-order valence-electron chi connectivity index (χ1n) is 14.3. The predicted octanol–water partition coefficient (Wildman–Crippen LogP) is 6.27. The largest absolute Gasteiger partial charge is 0.486 e. The number of imide groups is 1. The van der Waals surface area contributed by atoms with E-state index in [1.54, 1.807) is 32.0 Å². The lowest BCUT2D eigenvalue weighted by atomic mass is 9.86. The van der Waals surface area contributed by atoms with Crippen molar-refractivity contribution < 1.29 is 55.2 Å². The number of aromatic nitrogens is 1. The van der Waals surface area contributed by atoms with Gasteiger partial charge in [0.25, 0.3) is 11.5 Å². The first-order valence-corrected chi connectivity index (χ1v) is 14.3. The number of alkyl halides is 6. The van der Waals surface area contributed by atoms with Crippen LogP contribution < -0.4 is 19.5 Å². The summed E-state index contributed by atoms with van der Waals surface area (Å²) in [7, 11) is 0. The highest BCUT2D eigenvalue weighted by molar-refractivity contribution is 6.07. The van der Waals surface area contributed by atoms with Gasteiger partial charge in [-0.25, -0.2) is 4.79 Å². The van der Waals surface area contributed by atoms with Crippen molar-refractivity contribution in [3.8, 4) is 23.0 Å². The Labute approximate surface area is 259 Å². The smallest absolute Gasteiger partial charge is 0.430 e. The molecule has 5 rings (SSSR count). The first-order chi connectivity index (χ1) is 21.6. The minimum atomic E-state index is -6.04. The molecule has 2 aliphatic heterocycles. The Bertz CT molecular complexity index is 1630. The molecule has 2 aromatic carbocycles. The van der Waals surface area contributed by atoms with Gasteiger partial charge >= 0.3 is 18.4 Å². The van der Waals surface area contributed by atoms with Crippen LogP contribution in [-0.4, -0.2) is 52.5 Å². The zero-order chi connectivity index (χ0) is 33.5. The molecular formula is C31H29F6N3O6. The van der Waals surface area contributed by atoms with E-state index in [9.17, 15) is 41.0 Å². The van der Waals surface area contributed by atoms with Crippen LogP contribution in [0.4, 0.5) is 31.1 Å². The number of amides is 3. The van der Waals surface area contributed by atoms with Gasteiger partial charge in [-0.1, -0.05) is 32.4 Å². The molecule has 46 heavy (non-hydrogen) atoms. The van der Waals surface area contributed by atoms with Crippen molar-refractivity contribution in [2.24, 2.45) is 0 Å². The molecule has 2 aliphatic rings. The monoisotopic (exact) mass is 653 g/mol. The highest BCUT2D eigenvalue weighted by atomic mass is 19.4. The van der Waals surface area contributed by atoms with E-state index in [-0.39, 0.29) is 36.4 Å². The molecule has 2 N–H and O–H groups in total. The van der Waals surface area contributed by atoms with Crippen LogP contribution in [0.2, 0.25) is 0 Å². The van der Waals surface area contributed by atoms with Gasteiger partial charge in [0.1, 0.15) is 30.3 Å². The second kappa shape index (κ2) is 12.0. The molecule has 9 nitrogen and oxygen atoms in total. The number of hydrogen-bond acceptors (Lipinski definition) is 7. The summed E-state index contributed by atoms with van der Waals surface area (Å²) in [6.07, 6.45) is -8.84. The lowest BCUT2D eigenvalue weighted by Crippen LogP contribution is -2.53. The molecule has 3 amide bonds. The lowest BCUT2D eigenvalue weighted by Gasteiger charge is -2.33. The quantitative estimate of drug-likeness (QED) is 0.207. The van der Waals surface area contributed by atoms with Gasteiger partial charge in [-0.05, 0) is 59.9 Å². The number of urea groups is 1. The Balaban J connectivity index is 1.39. The third kappa shape index (κ3) is 5.67. The van der Waals surface area contributed by atoms with Crippen LogP contribution in [0.15, 0.2) is 54.9 Å². The van der Waals surface area contributed by atoms with Crippen LogP contribution in [0.25, 0.3) is 0 Å². The number of benzene rings is 2. The number of hydrogen-bond donors (Lipinski definition) is 2. The number of carbonyl (C=O) groups excluding carboxylic acids is 2. The average molecular weight is 654 g/mol. The van der Waals surface area contributed by atoms with Gasteiger partial charge in [0.05, 0.1) is 12.7 Å². The van der Waals surface area contributed by atoms with Gasteiger partial charge < -0.3 is 24.6 Å². The van der Waals surface area contributed by atoms with Gasteiger partial charge in [0.2, 0.25) is 0 Å². The van der Waals surface area contributed by atoms with Crippen LogP contribution in [-0.2, 0) is 28.9 Å². The molecule has 246 valence electrons. The fourth-order valence-corrected chi connectivity index (χ4v) is 5.49. The Morgan fingerprint density at radius 2 is 1.65 bits per heavy atom. The van der Waals surface area contributed by atoms with E-state index in [0.29, 0.717) is 54.4 Å². The number of nitrogens with zero attached hydrogens (tertiary/aromatic N) is 2. The van der Waals surface area contributed by atoms with E-state index in [1.807, 2.05) is 0 Å². The molecule has 1 unspecified atom stereocenters. The van der Waals surface area contributed by atoms with Crippen LogP contribution in [0.5, 0.6) is 23.0 Å². The third-order valence-electron chi connectivity index (χ3n) is 7.90.